The average molecular weight is 231 g/mol. The number of nitrogens with two attached hydrogens (primary N) is 1. The van der Waals surface area contributed by atoms with Crippen LogP contribution in [0, 0.1) is 0 Å². The van der Waals surface area contributed by atoms with Crippen molar-refractivity contribution in [2.75, 3.05) is 11.4 Å². The summed E-state index contributed by atoms with van der Waals surface area (Å²) in [5, 5.41) is 3.11. The van der Waals surface area contributed by atoms with Crippen molar-refractivity contribution < 1.29 is 4.79 Å². The number of amides is 2. The zero-order valence-electron chi connectivity index (χ0n) is 9.78. The van der Waals surface area contributed by atoms with Gasteiger partial charge in [0.25, 0.3) is 0 Å². The van der Waals surface area contributed by atoms with E-state index in [1.54, 1.807) is 0 Å². The highest BCUT2D eigenvalue weighted by Gasteiger charge is 2.47. The molecule has 17 heavy (non-hydrogen) atoms. The van der Waals surface area contributed by atoms with Crippen molar-refractivity contribution in [3.05, 3.63) is 29.8 Å². The Balaban J connectivity index is 1.86. The first kappa shape index (κ1) is 10.6. The highest BCUT2D eigenvalue weighted by molar-refractivity contribution is 5.94. The fourth-order valence-corrected chi connectivity index (χ4v) is 2.49. The number of para-hydroxylation sites is 1. The summed E-state index contributed by atoms with van der Waals surface area (Å²) < 4.78 is 0. The van der Waals surface area contributed by atoms with Crippen LogP contribution in [-0.2, 0) is 6.54 Å². The van der Waals surface area contributed by atoms with Crippen LogP contribution in [0.15, 0.2) is 24.3 Å². The van der Waals surface area contributed by atoms with Crippen molar-refractivity contribution in [2.24, 2.45) is 5.73 Å². The molecule has 2 amide bonds. The largest absolute Gasteiger partial charge is 0.332 e. The van der Waals surface area contributed by atoms with Crippen molar-refractivity contribution in [3.63, 3.8) is 0 Å². The summed E-state index contributed by atoms with van der Waals surface area (Å²) in [7, 11) is 0. The van der Waals surface area contributed by atoms with Gasteiger partial charge >= 0.3 is 6.03 Å². The minimum atomic E-state index is 0.0228. The van der Waals surface area contributed by atoms with Gasteiger partial charge in [-0.2, -0.15) is 0 Å². The minimum Gasteiger partial charge on any atom is -0.332 e. The normalized spacial score (nSPS) is 21.5. The fourth-order valence-electron chi connectivity index (χ4n) is 2.49. The summed E-state index contributed by atoms with van der Waals surface area (Å²) >= 11 is 0. The molecule has 0 bridgehead atoms. The van der Waals surface area contributed by atoms with Gasteiger partial charge in [-0.25, -0.2) is 4.79 Å². The molecule has 1 heterocycles. The summed E-state index contributed by atoms with van der Waals surface area (Å²) in [6.45, 7) is 1.26. The third kappa shape index (κ3) is 1.78. The van der Waals surface area contributed by atoms with Gasteiger partial charge in [0.2, 0.25) is 0 Å². The second kappa shape index (κ2) is 3.74. The number of nitrogens with one attached hydrogen (secondary N) is 1. The number of hydrogen-bond donors (Lipinski definition) is 2. The Morgan fingerprint density at radius 3 is 2.71 bits per heavy atom. The lowest BCUT2D eigenvalue weighted by molar-refractivity contribution is 0.234. The maximum Gasteiger partial charge on any atom is 0.322 e. The summed E-state index contributed by atoms with van der Waals surface area (Å²) in [5.74, 6) is 0. The first-order valence-corrected chi connectivity index (χ1v) is 6.12. The minimum absolute atomic E-state index is 0.0228. The molecular formula is C13H17N3O. The van der Waals surface area contributed by atoms with Gasteiger partial charge in [-0.15, -0.1) is 0 Å². The molecule has 1 aromatic carbocycles. The number of anilines is 1. The lowest BCUT2D eigenvalue weighted by Crippen LogP contribution is -2.53. The Labute approximate surface area is 101 Å². The molecule has 0 radical (unpaired) electrons. The van der Waals surface area contributed by atoms with Crippen molar-refractivity contribution in [2.45, 2.75) is 31.3 Å². The Morgan fingerprint density at radius 1 is 1.29 bits per heavy atom. The molecule has 0 aromatic heterocycles. The highest BCUT2D eigenvalue weighted by atomic mass is 16.2. The molecule has 4 nitrogen and oxygen atoms in total. The molecule has 3 N–H and O–H groups in total. The third-order valence-electron chi connectivity index (χ3n) is 3.79. The fraction of sp³-hybridized carbons (Fsp3) is 0.462. The van der Waals surface area contributed by atoms with E-state index in [-0.39, 0.29) is 11.6 Å². The van der Waals surface area contributed by atoms with E-state index in [1.807, 2.05) is 29.2 Å². The zero-order valence-corrected chi connectivity index (χ0v) is 9.78. The molecule has 0 atom stereocenters. The lowest BCUT2D eigenvalue weighted by Gasteiger charge is -2.34. The second-order valence-corrected chi connectivity index (χ2v) is 4.94. The van der Waals surface area contributed by atoms with E-state index in [0.29, 0.717) is 6.54 Å². The standard InChI is InChI=1S/C13H17N3O/c14-9-10-3-1-2-4-11(10)16-8-7-13(5-6-13)15-12(16)17/h1-4H,5-9,14H2,(H,15,17). The molecule has 1 spiro atoms. The van der Waals surface area contributed by atoms with Gasteiger partial charge in [-0.05, 0) is 30.9 Å². The third-order valence-corrected chi connectivity index (χ3v) is 3.79. The van der Waals surface area contributed by atoms with Crippen LogP contribution in [0.2, 0.25) is 0 Å². The van der Waals surface area contributed by atoms with Gasteiger partial charge in [0.1, 0.15) is 0 Å². The number of rotatable bonds is 2. The highest BCUT2D eigenvalue weighted by Crippen LogP contribution is 2.41. The molecule has 1 aromatic rings. The van der Waals surface area contributed by atoms with Gasteiger partial charge in [0.15, 0.2) is 0 Å². The number of benzene rings is 1. The molecular weight excluding hydrogens is 214 g/mol. The van der Waals surface area contributed by atoms with Crippen molar-refractivity contribution >= 4 is 11.7 Å². The first-order valence-electron chi connectivity index (χ1n) is 6.12. The SMILES string of the molecule is NCc1ccccc1N1CCC2(CC2)NC1=O. The predicted molar refractivity (Wildman–Crippen MR) is 66.8 cm³/mol. The molecule has 1 aliphatic carbocycles. The van der Waals surface area contributed by atoms with Crippen LogP contribution in [0.4, 0.5) is 10.5 Å². The Morgan fingerprint density at radius 2 is 2.06 bits per heavy atom. The molecule has 90 valence electrons. The molecule has 2 aliphatic rings. The molecule has 2 fully saturated rings. The molecule has 3 rings (SSSR count). The average Bonchev–Trinajstić information content (AvgIpc) is 3.09. The Bertz CT molecular complexity index is 454. The maximum atomic E-state index is 12.1. The van der Waals surface area contributed by atoms with Crippen molar-refractivity contribution in [1.82, 2.24) is 5.32 Å². The van der Waals surface area contributed by atoms with E-state index in [4.69, 9.17) is 5.73 Å². The number of carbonyl (C=O) groups excluding carboxylic acids is 1. The number of nitrogens with zero attached hydrogens (tertiary/aromatic N) is 1. The van der Waals surface area contributed by atoms with Crippen molar-refractivity contribution in [1.29, 1.82) is 0 Å². The van der Waals surface area contributed by atoms with Crippen LogP contribution in [0.3, 0.4) is 0 Å². The van der Waals surface area contributed by atoms with Gasteiger partial charge < -0.3 is 11.1 Å². The second-order valence-electron chi connectivity index (χ2n) is 4.94. The molecule has 4 heteroatoms. The molecule has 1 saturated heterocycles. The molecule has 0 unspecified atom stereocenters. The monoisotopic (exact) mass is 231 g/mol. The van der Waals surface area contributed by atoms with Crippen LogP contribution in [0.25, 0.3) is 0 Å². The van der Waals surface area contributed by atoms with Crippen LogP contribution in [0.5, 0.6) is 0 Å². The van der Waals surface area contributed by atoms with E-state index >= 15 is 0 Å². The summed E-state index contributed by atoms with van der Waals surface area (Å²) in [6.07, 6.45) is 3.30. The van der Waals surface area contributed by atoms with Gasteiger partial charge in [-0.1, -0.05) is 18.2 Å². The number of hydrogen-bond acceptors (Lipinski definition) is 2. The Kier molecular flexibility index (Phi) is 2.33. The van der Waals surface area contributed by atoms with Crippen LogP contribution in [0.1, 0.15) is 24.8 Å². The van der Waals surface area contributed by atoms with Crippen LogP contribution in [-0.4, -0.2) is 18.1 Å². The smallest absolute Gasteiger partial charge is 0.322 e. The number of carbonyl (C=O) groups is 1. The van der Waals surface area contributed by atoms with E-state index < -0.39 is 0 Å². The van der Waals surface area contributed by atoms with E-state index in [0.717, 1.165) is 37.1 Å². The van der Waals surface area contributed by atoms with E-state index in [9.17, 15) is 4.79 Å². The summed E-state index contributed by atoms with van der Waals surface area (Å²) in [6, 6.07) is 7.87. The zero-order chi connectivity index (χ0) is 11.9. The van der Waals surface area contributed by atoms with Gasteiger partial charge in [-0.3, -0.25) is 4.90 Å². The first-order chi connectivity index (χ1) is 8.24. The van der Waals surface area contributed by atoms with Gasteiger partial charge in [0, 0.05) is 24.3 Å². The quantitative estimate of drug-likeness (QED) is 0.812. The van der Waals surface area contributed by atoms with Crippen LogP contribution < -0.4 is 16.0 Å². The van der Waals surface area contributed by atoms with Gasteiger partial charge in [0.05, 0.1) is 0 Å². The Hall–Kier alpha value is -1.55. The molecule has 1 saturated carbocycles. The summed E-state index contributed by atoms with van der Waals surface area (Å²) in [5.41, 5.74) is 7.81. The number of urea groups is 1. The maximum absolute atomic E-state index is 12.1. The lowest BCUT2D eigenvalue weighted by atomic mass is 10.1. The van der Waals surface area contributed by atoms with E-state index in [1.165, 1.54) is 0 Å². The van der Waals surface area contributed by atoms with Crippen molar-refractivity contribution in [3.8, 4) is 0 Å². The topological polar surface area (TPSA) is 58.4 Å². The predicted octanol–water partition coefficient (Wildman–Crippen LogP) is 1.60. The van der Waals surface area contributed by atoms with E-state index in [2.05, 4.69) is 5.32 Å². The summed E-state index contributed by atoms with van der Waals surface area (Å²) in [4.78, 5) is 13.9. The molecule has 1 aliphatic heterocycles. The van der Waals surface area contributed by atoms with Crippen LogP contribution >= 0.6 is 0 Å².